The molecular weight excluding hydrogens is 466 g/mol. The van der Waals surface area contributed by atoms with E-state index < -0.39 is 17.7 Å². The van der Waals surface area contributed by atoms with Crippen LogP contribution >= 0.6 is 11.6 Å². The van der Waals surface area contributed by atoms with Gasteiger partial charge >= 0.3 is 11.8 Å². The fourth-order valence-corrected chi connectivity index (χ4v) is 3.41. The van der Waals surface area contributed by atoms with Crippen molar-refractivity contribution in [3.63, 3.8) is 0 Å². The third-order valence-electron chi connectivity index (χ3n) is 5.01. The lowest BCUT2D eigenvalue weighted by Crippen LogP contribution is -2.33. The molecule has 3 N–H and O–H groups in total. The molecule has 0 bridgehead atoms. The first-order valence-corrected chi connectivity index (χ1v) is 11.0. The number of pyridine rings is 1. The predicted octanol–water partition coefficient (Wildman–Crippen LogP) is 4.54. The van der Waals surface area contributed by atoms with E-state index in [1.165, 1.54) is 12.3 Å². The molecule has 3 aromatic carbocycles. The Morgan fingerprint density at radius 2 is 1.60 bits per heavy atom. The van der Waals surface area contributed by atoms with Crippen molar-refractivity contribution in [1.82, 2.24) is 10.4 Å². The number of nitrogens with zero attached hydrogens (tertiary/aromatic N) is 2. The monoisotopic (exact) mass is 485 g/mol. The number of hydrogen-bond donors (Lipinski definition) is 3. The fourth-order valence-electron chi connectivity index (χ4n) is 3.22. The van der Waals surface area contributed by atoms with E-state index in [1.54, 1.807) is 36.4 Å². The van der Waals surface area contributed by atoms with Crippen LogP contribution in [-0.4, -0.2) is 28.9 Å². The van der Waals surface area contributed by atoms with E-state index in [2.05, 4.69) is 26.1 Å². The molecule has 1 heterocycles. The van der Waals surface area contributed by atoms with E-state index in [0.717, 1.165) is 16.5 Å². The summed E-state index contributed by atoms with van der Waals surface area (Å²) in [6.07, 6.45) is 1.30. The summed E-state index contributed by atoms with van der Waals surface area (Å²) in [5.41, 5.74) is 5.40. The number of carbonyl (C=O) groups excluding carboxylic acids is 3. The number of benzene rings is 3. The fraction of sp³-hybridized carbons (Fsp3) is 0.0385. The van der Waals surface area contributed by atoms with E-state index in [1.807, 2.05) is 43.3 Å². The van der Waals surface area contributed by atoms with Crippen molar-refractivity contribution in [2.24, 2.45) is 5.10 Å². The molecule has 0 aliphatic rings. The van der Waals surface area contributed by atoms with Gasteiger partial charge in [-0.3, -0.25) is 14.4 Å². The first kappa shape index (κ1) is 23.6. The van der Waals surface area contributed by atoms with Gasteiger partial charge in [0, 0.05) is 16.6 Å². The highest BCUT2D eigenvalue weighted by Crippen LogP contribution is 2.19. The molecule has 0 atom stereocenters. The maximum atomic E-state index is 12.7. The van der Waals surface area contributed by atoms with Crippen molar-refractivity contribution < 1.29 is 14.4 Å². The topological polar surface area (TPSA) is 113 Å². The zero-order valence-electron chi connectivity index (χ0n) is 18.6. The molecule has 0 fully saturated rings. The largest absolute Gasteiger partial charge is 0.329 e. The van der Waals surface area contributed by atoms with Crippen LogP contribution in [0.1, 0.15) is 21.5 Å². The van der Waals surface area contributed by atoms with Gasteiger partial charge in [-0.1, -0.05) is 59.6 Å². The molecule has 0 saturated heterocycles. The van der Waals surface area contributed by atoms with Gasteiger partial charge in [-0.2, -0.15) is 5.10 Å². The van der Waals surface area contributed by atoms with Crippen LogP contribution in [0.5, 0.6) is 0 Å². The number of nitrogens with one attached hydrogen (secondary N) is 3. The molecule has 0 aliphatic heterocycles. The average Bonchev–Trinajstić information content (AvgIpc) is 2.86. The van der Waals surface area contributed by atoms with Crippen LogP contribution in [0.4, 0.5) is 11.4 Å². The molecule has 0 unspecified atom stereocenters. The standard InChI is InChI=1S/C26H20ClN5O3/c1-16-10-12-19(13-11-16)29-24(33)20-7-3-5-9-22(20)31-25(34)26(35)32-28-15-18-14-17-6-2-4-8-21(17)30-23(18)27/h2-15H,1H3,(H,29,33)(H,31,34)(H,32,35). The molecule has 3 amide bonds. The van der Waals surface area contributed by atoms with E-state index in [-0.39, 0.29) is 16.4 Å². The quantitative estimate of drug-likeness (QED) is 0.167. The molecule has 9 heteroatoms. The number of carbonyl (C=O) groups is 3. The number of hydrogen-bond acceptors (Lipinski definition) is 5. The zero-order chi connectivity index (χ0) is 24.8. The summed E-state index contributed by atoms with van der Waals surface area (Å²) in [6, 6.07) is 22.8. The zero-order valence-corrected chi connectivity index (χ0v) is 19.3. The van der Waals surface area contributed by atoms with Gasteiger partial charge in [-0.05, 0) is 43.3 Å². The summed E-state index contributed by atoms with van der Waals surface area (Å²) >= 11 is 6.17. The number of anilines is 2. The van der Waals surface area contributed by atoms with Gasteiger partial charge < -0.3 is 10.6 Å². The average molecular weight is 486 g/mol. The number of hydrazone groups is 1. The summed E-state index contributed by atoms with van der Waals surface area (Å²) in [7, 11) is 0. The molecule has 35 heavy (non-hydrogen) atoms. The highest BCUT2D eigenvalue weighted by Gasteiger charge is 2.18. The Labute approximate surface area is 206 Å². The van der Waals surface area contributed by atoms with Gasteiger partial charge in [0.25, 0.3) is 5.91 Å². The van der Waals surface area contributed by atoms with Crippen molar-refractivity contribution >= 4 is 57.8 Å². The molecule has 8 nitrogen and oxygen atoms in total. The van der Waals surface area contributed by atoms with Crippen LogP contribution in [0, 0.1) is 6.92 Å². The lowest BCUT2D eigenvalue weighted by molar-refractivity contribution is -0.136. The number of aryl methyl sites for hydroxylation is 1. The van der Waals surface area contributed by atoms with Crippen molar-refractivity contribution in [2.45, 2.75) is 6.92 Å². The number of halogens is 1. The highest BCUT2D eigenvalue weighted by atomic mass is 35.5. The molecular formula is C26H20ClN5O3. The smallest absolute Gasteiger partial charge is 0.322 e. The second-order valence-corrected chi connectivity index (χ2v) is 7.94. The molecule has 4 rings (SSSR count). The summed E-state index contributed by atoms with van der Waals surface area (Å²) in [5, 5.41) is 10.1. The minimum absolute atomic E-state index is 0.183. The van der Waals surface area contributed by atoms with Crippen LogP contribution in [0.15, 0.2) is 84.0 Å². The van der Waals surface area contributed by atoms with Crippen LogP contribution in [0.25, 0.3) is 10.9 Å². The Hall–Kier alpha value is -4.56. The van der Waals surface area contributed by atoms with E-state index >= 15 is 0 Å². The minimum atomic E-state index is -1.01. The normalized spacial score (nSPS) is 10.8. The van der Waals surface area contributed by atoms with Crippen molar-refractivity contribution in [1.29, 1.82) is 0 Å². The third-order valence-corrected chi connectivity index (χ3v) is 5.31. The number of para-hydroxylation sites is 2. The first-order chi connectivity index (χ1) is 16.9. The van der Waals surface area contributed by atoms with Gasteiger partial charge in [0.1, 0.15) is 5.15 Å². The van der Waals surface area contributed by atoms with Crippen LogP contribution in [0.3, 0.4) is 0 Å². The maximum absolute atomic E-state index is 12.7. The molecule has 0 radical (unpaired) electrons. The van der Waals surface area contributed by atoms with Gasteiger partial charge in [0.05, 0.1) is 23.0 Å². The van der Waals surface area contributed by atoms with Crippen molar-refractivity contribution in [3.05, 3.63) is 101 Å². The lowest BCUT2D eigenvalue weighted by Gasteiger charge is -2.11. The summed E-state index contributed by atoms with van der Waals surface area (Å²) in [6.45, 7) is 1.94. The summed E-state index contributed by atoms with van der Waals surface area (Å²) < 4.78 is 0. The second-order valence-electron chi connectivity index (χ2n) is 7.58. The minimum Gasteiger partial charge on any atom is -0.322 e. The second kappa shape index (κ2) is 10.6. The summed E-state index contributed by atoms with van der Waals surface area (Å²) in [5.74, 6) is -2.43. The molecule has 1 aromatic heterocycles. The Bertz CT molecular complexity index is 1450. The molecule has 0 saturated carbocycles. The van der Waals surface area contributed by atoms with Gasteiger partial charge in [0.15, 0.2) is 0 Å². The molecule has 0 spiro atoms. The number of aromatic nitrogens is 1. The molecule has 4 aromatic rings. The Kier molecular flexibility index (Phi) is 7.13. The predicted molar refractivity (Wildman–Crippen MR) is 137 cm³/mol. The number of amides is 3. The Morgan fingerprint density at radius 3 is 2.40 bits per heavy atom. The third kappa shape index (κ3) is 5.87. The molecule has 0 aliphatic carbocycles. The van der Waals surface area contributed by atoms with Crippen molar-refractivity contribution in [3.8, 4) is 0 Å². The van der Waals surface area contributed by atoms with Gasteiger partial charge in [-0.15, -0.1) is 0 Å². The van der Waals surface area contributed by atoms with Gasteiger partial charge in [0.2, 0.25) is 0 Å². The first-order valence-electron chi connectivity index (χ1n) is 10.6. The SMILES string of the molecule is Cc1ccc(NC(=O)c2ccccc2NC(=O)C(=O)NN=Cc2cc3ccccc3nc2Cl)cc1. The number of rotatable bonds is 5. The van der Waals surface area contributed by atoms with Crippen LogP contribution in [0.2, 0.25) is 5.15 Å². The Morgan fingerprint density at radius 1 is 0.886 bits per heavy atom. The van der Waals surface area contributed by atoms with E-state index in [4.69, 9.17) is 11.6 Å². The number of fused-ring (bicyclic) bond motifs is 1. The van der Waals surface area contributed by atoms with Crippen LogP contribution in [-0.2, 0) is 9.59 Å². The van der Waals surface area contributed by atoms with Crippen molar-refractivity contribution in [2.75, 3.05) is 10.6 Å². The molecule has 174 valence electrons. The Balaban J connectivity index is 1.41. The summed E-state index contributed by atoms with van der Waals surface area (Å²) in [4.78, 5) is 41.6. The van der Waals surface area contributed by atoms with Crippen LogP contribution < -0.4 is 16.1 Å². The van der Waals surface area contributed by atoms with E-state index in [0.29, 0.717) is 11.3 Å². The maximum Gasteiger partial charge on any atom is 0.329 e. The lowest BCUT2D eigenvalue weighted by atomic mass is 10.1. The van der Waals surface area contributed by atoms with Gasteiger partial charge in [-0.25, -0.2) is 10.4 Å². The highest BCUT2D eigenvalue weighted by molar-refractivity contribution is 6.40. The van der Waals surface area contributed by atoms with E-state index in [9.17, 15) is 14.4 Å².